The van der Waals surface area contributed by atoms with E-state index in [-0.39, 0.29) is 23.4 Å². The summed E-state index contributed by atoms with van der Waals surface area (Å²) in [6.07, 6.45) is 1.75. The molecule has 0 spiro atoms. The molecule has 3 unspecified atom stereocenters. The van der Waals surface area contributed by atoms with Gasteiger partial charge in [0, 0.05) is 22.4 Å². The minimum Gasteiger partial charge on any atom is -0.487 e. The number of hydrogen-bond donors (Lipinski definition) is 1. The molecule has 4 heteroatoms. The standard InChI is InChI=1S/C13H17BrFNO/c1-3-13(2)11(16)7-12(13)17-10-5-4-8(14)6-9(10)15/h4-6,11-12H,3,7,16H2,1-2H3. The maximum absolute atomic E-state index is 13.6. The van der Waals surface area contributed by atoms with Gasteiger partial charge in [-0.25, -0.2) is 4.39 Å². The zero-order chi connectivity index (χ0) is 12.6. The van der Waals surface area contributed by atoms with Gasteiger partial charge < -0.3 is 10.5 Å². The van der Waals surface area contributed by atoms with Gasteiger partial charge in [0.05, 0.1) is 0 Å². The Kier molecular flexibility index (Phi) is 3.46. The highest BCUT2D eigenvalue weighted by molar-refractivity contribution is 9.10. The van der Waals surface area contributed by atoms with Crippen LogP contribution in [0.3, 0.4) is 0 Å². The zero-order valence-electron chi connectivity index (χ0n) is 10.0. The molecule has 1 aliphatic rings. The van der Waals surface area contributed by atoms with Crippen LogP contribution in [0.1, 0.15) is 26.7 Å². The second-order valence-corrected chi connectivity index (χ2v) is 5.80. The van der Waals surface area contributed by atoms with Crippen molar-refractivity contribution in [3.63, 3.8) is 0 Å². The minimum absolute atomic E-state index is 0.0122. The molecule has 0 aliphatic heterocycles. The summed E-state index contributed by atoms with van der Waals surface area (Å²) in [4.78, 5) is 0. The van der Waals surface area contributed by atoms with Crippen molar-refractivity contribution in [3.8, 4) is 5.75 Å². The Balaban J connectivity index is 2.12. The molecule has 1 aliphatic carbocycles. The highest BCUT2D eigenvalue weighted by Gasteiger charge is 2.50. The summed E-state index contributed by atoms with van der Waals surface area (Å²) in [5, 5.41) is 0. The van der Waals surface area contributed by atoms with Crippen molar-refractivity contribution in [2.45, 2.75) is 38.8 Å². The molecule has 1 saturated carbocycles. The molecule has 0 amide bonds. The highest BCUT2D eigenvalue weighted by Crippen LogP contribution is 2.45. The molecular weight excluding hydrogens is 285 g/mol. The molecule has 17 heavy (non-hydrogen) atoms. The van der Waals surface area contributed by atoms with Crippen molar-refractivity contribution in [2.75, 3.05) is 0 Å². The van der Waals surface area contributed by atoms with Crippen LogP contribution in [-0.2, 0) is 0 Å². The van der Waals surface area contributed by atoms with Crippen LogP contribution in [-0.4, -0.2) is 12.1 Å². The molecule has 1 fully saturated rings. The van der Waals surface area contributed by atoms with Gasteiger partial charge in [-0.3, -0.25) is 0 Å². The molecule has 1 aromatic carbocycles. The third-order valence-electron chi connectivity index (χ3n) is 3.98. The Bertz CT molecular complexity index is 426. The zero-order valence-corrected chi connectivity index (χ0v) is 11.6. The Morgan fingerprint density at radius 3 is 2.82 bits per heavy atom. The van der Waals surface area contributed by atoms with E-state index in [1.165, 1.54) is 6.07 Å². The van der Waals surface area contributed by atoms with Crippen molar-refractivity contribution >= 4 is 15.9 Å². The van der Waals surface area contributed by atoms with Crippen LogP contribution >= 0.6 is 15.9 Å². The van der Waals surface area contributed by atoms with E-state index in [1.807, 2.05) is 0 Å². The third kappa shape index (κ3) is 2.20. The molecule has 0 bridgehead atoms. The van der Waals surface area contributed by atoms with E-state index in [9.17, 15) is 4.39 Å². The summed E-state index contributed by atoms with van der Waals surface area (Å²) >= 11 is 3.22. The summed E-state index contributed by atoms with van der Waals surface area (Å²) in [5.41, 5.74) is 5.95. The van der Waals surface area contributed by atoms with Crippen molar-refractivity contribution < 1.29 is 9.13 Å². The quantitative estimate of drug-likeness (QED) is 0.927. The van der Waals surface area contributed by atoms with E-state index in [4.69, 9.17) is 10.5 Å². The normalized spacial score (nSPS) is 32.1. The predicted octanol–water partition coefficient (Wildman–Crippen LogP) is 3.48. The van der Waals surface area contributed by atoms with Gasteiger partial charge in [0.1, 0.15) is 6.10 Å². The van der Waals surface area contributed by atoms with Crippen LogP contribution in [0.5, 0.6) is 5.75 Å². The number of ether oxygens (including phenoxy) is 1. The highest BCUT2D eigenvalue weighted by atomic mass is 79.9. The molecule has 0 radical (unpaired) electrons. The van der Waals surface area contributed by atoms with Gasteiger partial charge >= 0.3 is 0 Å². The van der Waals surface area contributed by atoms with Crippen LogP contribution in [0.4, 0.5) is 4.39 Å². The summed E-state index contributed by atoms with van der Waals surface area (Å²) in [6, 6.07) is 4.99. The summed E-state index contributed by atoms with van der Waals surface area (Å²) in [6.45, 7) is 4.19. The van der Waals surface area contributed by atoms with Crippen LogP contribution in [0.2, 0.25) is 0 Å². The predicted molar refractivity (Wildman–Crippen MR) is 69.5 cm³/mol. The van der Waals surface area contributed by atoms with Gasteiger partial charge in [-0.05, 0) is 24.6 Å². The Labute approximate surface area is 109 Å². The van der Waals surface area contributed by atoms with Crippen molar-refractivity contribution in [3.05, 3.63) is 28.5 Å². The Morgan fingerprint density at radius 2 is 2.29 bits per heavy atom. The molecule has 0 heterocycles. The van der Waals surface area contributed by atoms with Gasteiger partial charge in [0.2, 0.25) is 0 Å². The lowest BCUT2D eigenvalue weighted by molar-refractivity contribution is -0.0577. The first-order valence-corrected chi connectivity index (χ1v) is 6.64. The smallest absolute Gasteiger partial charge is 0.166 e. The first kappa shape index (κ1) is 12.8. The molecule has 0 aromatic heterocycles. The molecule has 2 rings (SSSR count). The largest absolute Gasteiger partial charge is 0.487 e. The lowest BCUT2D eigenvalue weighted by Gasteiger charge is -2.51. The molecule has 2 nitrogen and oxygen atoms in total. The molecule has 3 atom stereocenters. The van der Waals surface area contributed by atoms with E-state index in [2.05, 4.69) is 29.8 Å². The van der Waals surface area contributed by atoms with E-state index in [0.29, 0.717) is 10.2 Å². The average Bonchev–Trinajstić information content (AvgIpc) is 2.30. The van der Waals surface area contributed by atoms with E-state index < -0.39 is 0 Å². The number of benzene rings is 1. The number of halogens is 2. The fraction of sp³-hybridized carbons (Fsp3) is 0.538. The Morgan fingerprint density at radius 1 is 1.59 bits per heavy atom. The molecule has 0 saturated heterocycles. The van der Waals surface area contributed by atoms with Crippen molar-refractivity contribution in [1.82, 2.24) is 0 Å². The van der Waals surface area contributed by atoms with Gasteiger partial charge in [-0.15, -0.1) is 0 Å². The number of rotatable bonds is 3. The van der Waals surface area contributed by atoms with Gasteiger partial charge in [0.25, 0.3) is 0 Å². The van der Waals surface area contributed by atoms with E-state index in [0.717, 1.165) is 12.8 Å². The summed E-state index contributed by atoms with van der Waals surface area (Å²) < 4.78 is 20.1. The average molecular weight is 302 g/mol. The maximum Gasteiger partial charge on any atom is 0.166 e. The van der Waals surface area contributed by atoms with Crippen molar-refractivity contribution in [1.29, 1.82) is 0 Å². The first-order valence-electron chi connectivity index (χ1n) is 5.84. The second-order valence-electron chi connectivity index (χ2n) is 4.88. The topological polar surface area (TPSA) is 35.2 Å². The van der Waals surface area contributed by atoms with Crippen LogP contribution < -0.4 is 10.5 Å². The monoisotopic (exact) mass is 301 g/mol. The minimum atomic E-state index is -0.335. The lowest BCUT2D eigenvalue weighted by atomic mass is 9.62. The first-order chi connectivity index (χ1) is 7.97. The molecule has 94 valence electrons. The summed E-state index contributed by atoms with van der Waals surface area (Å²) in [7, 11) is 0. The van der Waals surface area contributed by atoms with Crippen LogP contribution in [0.25, 0.3) is 0 Å². The SMILES string of the molecule is CCC1(C)C(N)CC1Oc1ccc(Br)cc1F. The fourth-order valence-corrected chi connectivity index (χ4v) is 2.58. The second kappa shape index (κ2) is 4.58. The van der Waals surface area contributed by atoms with Crippen molar-refractivity contribution in [2.24, 2.45) is 11.1 Å². The Hall–Kier alpha value is -0.610. The number of hydrogen-bond acceptors (Lipinski definition) is 2. The molecular formula is C13H17BrFNO. The lowest BCUT2D eigenvalue weighted by Crippen LogP contribution is -2.61. The van der Waals surface area contributed by atoms with Gasteiger partial charge in [0.15, 0.2) is 11.6 Å². The van der Waals surface area contributed by atoms with Crippen LogP contribution in [0, 0.1) is 11.2 Å². The number of nitrogens with two attached hydrogens (primary N) is 1. The van der Waals surface area contributed by atoms with E-state index in [1.54, 1.807) is 12.1 Å². The molecule has 2 N–H and O–H groups in total. The van der Waals surface area contributed by atoms with E-state index >= 15 is 0 Å². The third-order valence-corrected chi connectivity index (χ3v) is 4.47. The summed E-state index contributed by atoms with van der Waals surface area (Å²) in [5.74, 6) is -0.0249. The fourth-order valence-electron chi connectivity index (χ4n) is 2.24. The van der Waals surface area contributed by atoms with Gasteiger partial charge in [-0.2, -0.15) is 0 Å². The van der Waals surface area contributed by atoms with Gasteiger partial charge in [-0.1, -0.05) is 29.8 Å². The van der Waals surface area contributed by atoms with Crippen LogP contribution in [0.15, 0.2) is 22.7 Å². The maximum atomic E-state index is 13.6. The molecule has 1 aromatic rings.